The Morgan fingerprint density at radius 3 is 2.32 bits per heavy atom. The van der Waals surface area contributed by atoms with Crippen LogP contribution in [-0.2, 0) is 14.8 Å². The van der Waals surface area contributed by atoms with Crippen LogP contribution in [-0.4, -0.2) is 38.3 Å². The van der Waals surface area contributed by atoms with E-state index in [4.69, 9.17) is 11.6 Å². The standard InChI is InChI=1S/C12H17ClN2O3S/c1-3-14-12(16)9-15(4-2)19(17,18)11-7-5-10(13)6-8-11/h5-8H,3-4,9H2,1-2H3,(H,14,16). The third kappa shape index (κ3) is 4.19. The number of nitrogens with one attached hydrogen (secondary N) is 1. The monoisotopic (exact) mass is 304 g/mol. The van der Waals surface area contributed by atoms with Gasteiger partial charge < -0.3 is 5.32 Å². The summed E-state index contributed by atoms with van der Waals surface area (Å²) < 4.78 is 25.8. The van der Waals surface area contributed by atoms with Crippen molar-refractivity contribution in [3.63, 3.8) is 0 Å². The molecule has 5 nitrogen and oxygen atoms in total. The molecule has 1 rings (SSSR count). The van der Waals surface area contributed by atoms with Gasteiger partial charge in [-0.25, -0.2) is 8.42 Å². The molecule has 0 aliphatic carbocycles. The van der Waals surface area contributed by atoms with Crippen LogP contribution < -0.4 is 5.32 Å². The van der Waals surface area contributed by atoms with Crippen LogP contribution in [0.4, 0.5) is 0 Å². The Kier molecular flexibility index (Phi) is 5.78. The minimum absolute atomic E-state index is 0.128. The maximum Gasteiger partial charge on any atom is 0.243 e. The van der Waals surface area contributed by atoms with Gasteiger partial charge >= 0.3 is 0 Å². The van der Waals surface area contributed by atoms with Crippen molar-refractivity contribution in [3.05, 3.63) is 29.3 Å². The summed E-state index contributed by atoms with van der Waals surface area (Å²) in [5, 5.41) is 3.04. The smallest absolute Gasteiger partial charge is 0.243 e. The van der Waals surface area contributed by atoms with Crippen LogP contribution in [0, 0.1) is 0 Å². The summed E-state index contributed by atoms with van der Waals surface area (Å²) in [5.41, 5.74) is 0. The van der Waals surface area contributed by atoms with Gasteiger partial charge in [0.1, 0.15) is 0 Å². The summed E-state index contributed by atoms with van der Waals surface area (Å²) in [6.07, 6.45) is 0. The SMILES string of the molecule is CCNC(=O)CN(CC)S(=O)(=O)c1ccc(Cl)cc1. The highest BCUT2D eigenvalue weighted by atomic mass is 35.5. The highest BCUT2D eigenvalue weighted by Crippen LogP contribution is 2.18. The molecule has 7 heteroatoms. The van der Waals surface area contributed by atoms with Crippen LogP contribution >= 0.6 is 11.6 Å². The molecule has 0 radical (unpaired) electrons. The zero-order chi connectivity index (χ0) is 14.5. The number of likely N-dealkylation sites (N-methyl/N-ethyl adjacent to an activating group) is 2. The molecule has 1 amide bonds. The number of nitrogens with zero attached hydrogens (tertiary/aromatic N) is 1. The van der Waals surface area contributed by atoms with E-state index >= 15 is 0 Å². The van der Waals surface area contributed by atoms with Crippen LogP contribution in [0.3, 0.4) is 0 Å². The van der Waals surface area contributed by atoms with Gasteiger partial charge in [0.05, 0.1) is 11.4 Å². The van der Waals surface area contributed by atoms with E-state index in [9.17, 15) is 13.2 Å². The van der Waals surface area contributed by atoms with E-state index in [-0.39, 0.29) is 23.9 Å². The molecule has 1 aromatic carbocycles. The first kappa shape index (κ1) is 15.9. The van der Waals surface area contributed by atoms with Crippen LogP contribution in [0.1, 0.15) is 13.8 Å². The molecular formula is C12H17ClN2O3S. The Bertz CT molecular complexity index is 528. The zero-order valence-electron chi connectivity index (χ0n) is 10.9. The van der Waals surface area contributed by atoms with Gasteiger partial charge in [-0.3, -0.25) is 4.79 Å². The van der Waals surface area contributed by atoms with Gasteiger partial charge in [0.15, 0.2) is 0 Å². The van der Waals surface area contributed by atoms with Crippen molar-refractivity contribution in [1.29, 1.82) is 0 Å². The largest absolute Gasteiger partial charge is 0.355 e. The van der Waals surface area contributed by atoms with Crippen molar-refractivity contribution in [2.24, 2.45) is 0 Å². The molecule has 0 saturated heterocycles. The molecule has 0 heterocycles. The van der Waals surface area contributed by atoms with Crippen molar-refractivity contribution in [2.45, 2.75) is 18.7 Å². The van der Waals surface area contributed by atoms with Crippen LogP contribution in [0.5, 0.6) is 0 Å². The first-order valence-corrected chi connectivity index (χ1v) is 7.76. The third-order valence-electron chi connectivity index (χ3n) is 2.50. The van der Waals surface area contributed by atoms with Crippen molar-refractivity contribution in [1.82, 2.24) is 9.62 Å². The lowest BCUT2D eigenvalue weighted by Crippen LogP contribution is -2.40. The van der Waals surface area contributed by atoms with Gasteiger partial charge in [-0.1, -0.05) is 18.5 Å². The van der Waals surface area contributed by atoms with Gasteiger partial charge in [-0.15, -0.1) is 0 Å². The lowest BCUT2D eigenvalue weighted by molar-refractivity contribution is -0.121. The normalized spacial score (nSPS) is 11.6. The number of hydrogen-bond donors (Lipinski definition) is 1. The molecule has 19 heavy (non-hydrogen) atoms. The zero-order valence-corrected chi connectivity index (χ0v) is 12.5. The number of halogens is 1. The van der Waals surface area contributed by atoms with Crippen molar-refractivity contribution in [2.75, 3.05) is 19.6 Å². The van der Waals surface area contributed by atoms with Crippen molar-refractivity contribution >= 4 is 27.5 Å². The second-order valence-electron chi connectivity index (χ2n) is 3.84. The molecule has 1 aromatic rings. The highest BCUT2D eigenvalue weighted by Gasteiger charge is 2.24. The molecule has 106 valence electrons. The van der Waals surface area contributed by atoms with Gasteiger partial charge in [0, 0.05) is 18.1 Å². The summed E-state index contributed by atoms with van der Waals surface area (Å²) in [4.78, 5) is 11.6. The molecule has 0 aromatic heterocycles. The second kappa shape index (κ2) is 6.88. The van der Waals surface area contributed by atoms with Crippen molar-refractivity contribution < 1.29 is 13.2 Å². The fourth-order valence-electron chi connectivity index (χ4n) is 1.54. The number of sulfonamides is 1. The fourth-order valence-corrected chi connectivity index (χ4v) is 3.07. The molecule has 0 atom stereocenters. The van der Waals surface area contributed by atoms with E-state index in [1.54, 1.807) is 13.8 Å². The maximum atomic E-state index is 12.3. The quantitative estimate of drug-likeness (QED) is 0.866. The Balaban J connectivity index is 2.95. The molecule has 0 bridgehead atoms. The summed E-state index contributed by atoms with van der Waals surface area (Å²) >= 11 is 5.73. The third-order valence-corrected chi connectivity index (χ3v) is 4.69. The number of benzene rings is 1. The van der Waals surface area contributed by atoms with Gasteiger partial charge in [-0.2, -0.15) is 4.31 Å². The summed E-state index contributed by atoms with van der Waals surface area (Å²) in [5.74, 6) is -0.318. The molecule has 0 aliphatic rings. The van der Waals surface area contributed by atoms with Crippen LogP contribution in [0.2, 0.25) is 5.02 Å². The first-order chi connectivity index (χ1) is 8.91. The second-order valence-corrected chi connectivity index (χ2v) is 6.21. The summed E-state index contributed by atoms with van der Waals surface area (Å²) in [6, 6.07) is 5.87. The molecule has 0 unspecified atom stereocenters. The summed E-state index contributed by atoms with van der Waals surface area (Å²) in [6.45, 7) is 3.98. The van der Waals surface area contributed by atoms with Gasteiger partial charge in [0.25, 0.3) is 0 Å². The number of carbonyl (C=O) groups excluding carboxylic acids is 1. The average molecular weight is 305 g/mol. The van der Waals surface area contributed by atoms with Crippen LogP contribution in [0.15, 0.2) is 29.2 Å². The van der Waals surface area contributed by atoms with Gasteiger partial charge in [-0.05, 0) is 31.2 Å². The number of rotatable bonds is 6. The number of carbonyl (C=O) groups is 1. The van der Waals surface area contributed by atoms with Crippen molar-refractivity contribution in [3.8, 4) is 0 Å². The summed E-state index contributed by atoms with van der Waals surface area (Å²) in [7, 11) is -3.67. The lowest BCUT2D eigenvalue weighted by atomic mass is 10.4. The minimum atomic E-state index is -3.67. The van der Waals surface area contributed by atoms with E-state index in [1.807, 2.05) is 0 Å². The molecule has 0 fully saturated rings. The van der Waals surface area contributed by atoms with E-state index in [0.29, 0.717) is 11.6 Å². The van der Waals surface area contributed by atoms with E-state index < -0.39 is 10.0 Å². The predicted molar refractivity (Wildman–Crippen MR) is 74.6 cm³/mol. The van der Waals surface area contributed by atoms with E-state index in [2.05, 4.69) is 5.32 Å². The Morgan fingerprint density at radius 2 is 1.84 bits per heavy atom. The molecular weight excluding hydrogens is 288 g/mol. The predicted octanol–water partition coefficient (Wildman–Crippen LogP) is 1.49. The Morgan fingerprint density at radius 1 is 1.26 bits per heavy atom. The van der Waals surface area contributed by atoms with Gasteiger partial charge in [0.2, 0.25) is 15.9 Å². The molecule has 0 aliphatic heterocycles. The Labute approximate surface area is 118 Å². The number of amides is 1. The molecule has 1 N–H and O–H groups in total. The number of hydrogen-bond acceptors (Lipinski definition) is 3. The highest BCUT2D eigenvalue weighted by molar-refractivity contribution is 7.89. The minimum Gasteiger partial charge on any atom is -0.355 e. The first-order valence-electron chi connectivity index (χ1n) is 5.94. The molecule has 0 saturated carbocycles. The average Bonchev–Trinajstić information content (AvgIpc) is 2.36. The van der Waals surface area contributed by atoms with Crippen LogP contribution in [0.25, 0.3) is 0 Å². The molecule has 0 spiro atoms. The topological polar surface area (TPSA) is 66.5 Å². The maximum absolute atomic E-state index is 12.3. The Hall–Kier alpha value is -1.11. The fraction of sp³-hybridized carbons (Fsp3) is 0.417. The van der Waals surface area contributed by atoms with E-state index in [1.165, 1.54) is 24.3 Å². The lowest BCUT2D eigenvalue weighted by Gasteiger charge is -2.19. The van der Waals surface area contributed by atoms with E-state index in [0.717, 1.165) is 4.31 Å².